The number of para-hydroxylation sites is 1. The van der Waals surface area contributed by atoms with Crippen molar-refractivity contribution in [3.8, 4) is 0 Å². The van der Waals surface area contributed by atoms with Crippen molar-refractivity contribution in [3.05, 3.63) is 30.3 Å². The first-order valence-corrected chi connectivity index (χ1v) is 8.64. The molecule has 1 saturated heterocycles. The second-order valence-corrected chi connectivity index (χ2v) is 6.90. The van der Waals surface area contributed by atoms with Gasteiger partial charge in [0.2, 0.25) is 16.9 Å². The smallest absolute Gasteiger partial charge is 0.239 e. The third-order valence-corrected chi connectivity index (χ3v) is 5.08. The number of thioether (sulfide) groups is 1. The molecule has 1 N–H and O–H groups in total. The average Bonchev–Trinajstić information content (AvgIpc) is 3.15. The molecule has 0 saturated carbocycles. The summed E-state index contributed by atoms with van der Waals surface area (Å²) in [5.41, 5.74) is 0.939. The minimum atomic E-state index is -0.153. The van der Waals surface area contributed by atoms with Crippen LogP contribution in [0.3, 0.4) is 0 Å². The lowest BCUT2D eigenvalue weighted by Gasteiger charge is -2.11. The number of hydrogen-bond acceptors (Lipinski definition) is 7. The molecule has 8 heteroatoms. The van der Waals surface area contributed by atoms with Gasteiger partial charge in [-0.3, -0.25) is 14.5 Å². The van der Waals surface area contributed by atoms with Crippen LogP contribution in [0.5, 0.6) is 0 Å². The van der Waals surface area contributed by atoms with Gasteiger partial charge in [0.25, 0.3) is 0 Å². The summed E-state index contributed by atoms with van der Waals surface area (Å²) < 4.78 is 0.707. The SMILES string of the molecule is O=C1CCCN1C(=O)CSc1nnc(Nc2ccccc2)s1. The molecule has 3 rings (SSSR count). The number of imide groups is 1. The normalized spacial score (nSPS) is 14.4. The topological polar surface area (TPSA) is 75.2 Å². The average molecular weight is 334 g/mol. The van der Waals surface area contributed by atoms with E-state index in [1.165, 1.54) is 28.0 Å². The van der Waals surface area contributed by atoms with E-state index in [0.29, 0.717) is 22.4 Å². The number of rotatable bonds is 5. The van der Waals surface area contributed by atoms with Gasteiger partial charge < -0.3 is 5.32 Å². The van der Waals surface area contributed by atoms with Gasteiger partial charge in [0.05, 0.1) is 5.75 Å². The number of carbonyl (C=O) groups is 2. The van der Waals surface area contributed by atoms with Crippen LogP contribution in [-0.4, -0.2) is 39.2 Å². The van der Waals surface area contributed by atoms with Crippen LogP contribution >= 0.6 is 23.1 Å². The molecular weight excluding hydrogens is 320 g/mol. The van der Waals surface area contributed by atoms with Gasteiger partial charge in [-0.25, -0.2) is 0 Å². The zero-order chi connectivity index (χ0) is 15.4. The summed E-state index contributed by atoms with van der Waals surface area (Å²) in [6.45, 7) is 0.537. The van der Waals surface area contributed by atoms with Crippen LogP contribution in [0.2, 0.25) is 0 Å². The van der Waals surface area contributed by atoms with Crippen molar-refractivity contribution in [2.75, 3.05) is 17.6 Å². The summed E-state index contributed by atoms with van der Waals surface area (Å²) in [5.74, 6) is -0.0133. The Bertz CT molecular complexity index is 674. The Kier molecular flexibility index (Phi) is 4.69. The third-order valence-electron chi connectivity index (χ3n) is 3.13. The zero-order valence-corrected chi connectivity index (χ0v) is 13.3. The van der Waals surface area contributed by atoms with Crippen LogP contribution in [0, 0.1) is 0 Å². The molecule has 0 atom stereocenters. The lowest BCUT2D eigenvalue weighted by atomic mass is 10.3. The van der Waals surface area contributed by atoms with Crippen molar-refractivity contribution >= 4 is 45.7 Å². The summed E-state index contributed by atoms with van der Waals surface area (Å²) in [5, 5.41) is 11.9. The highest BCUT2D eigenvalue weighted by molar-refractivity contribution is 8.01. The van der Waals surface area contributed by atoms with E-state index in [9.17, 15) is 9.59 Å². The van der Waals surface area contributed by atoms with Gasteiger partial charge in [0, 0.05) is 18.7 Å². The predicted molar refractivity (Wildman–Crippen MR) is 86.3 cm³/mol. The van der Waals surface area contributed by atoms with Crippen LogP contribution in [0.1, 0.15) is 12.8 Å². The monoisotopic (exact) mass is 334 g/mol. The number of benzene rings is 1. The maximum absolute atomic E-state index is 12.0. The predicted octanol–water partition coefficient (Wildman–Crippen LogP) is 2.52. The minimum absolute atomic E-state index is 0.0747. The second-order valence-electron chi connectivity index (χ2n) is 4.70. The number of hydrogen-bond donors (Lipinski definition) is 1. The Labute approximate surface area is 135 Å². The van der Waals surface area contributed by atoms with Crippen molar-refractivity contribution in [3.63, 3.8) is 0 Å². The molecule has 0 aliphatic carbocycles. The molecule has 1 fully saturated rings. The van der Waals surface area contributed by atoms with Crippen molar-refractivity contribution in [2.24, 2.45) is 0 Å². The van der Waals surface area contributed by atoms with E-state index in [2.05, 4.69) is 15.5 Å². The van der Waals surface area contributed by atoms with Crippen LogP contribution in [0.25, 0.3) is 0 Å². The summed E-state index contributed by atoms with van der Waals surface area (Å²) in [4.78, 5) is 24.8. The van der Waals surface area contributed by atoms with Gasteiger partial charge in [0.1, 0.15) is 0 Å². The summed E-state index contributed by atoms with van der Waals surface area (Å²) in [6.07, 6.45) is 1.24. The first kappa shape index (κ1) is 15.0. The standard InChI is InChI=1S/C14H14N4O2S2/c19-11-7-4-8-18(11)12(20)9-21-14-17-16-13(22-14)15-10-5-2-1-3-6-10/h1-3,5-6H,4,7-9H2,(H,15,16). The van der Waals surface area contributed by atoms with Gasteiger partial charge in [0.15, 0.2) is 4.34 Å². The van der Waals surface area contributed by atoms with E-state index >= 15 is 0 Å². The van der Waals surface area contributed by atoms with Crippen LogP contribution in [0.15, 0.2) is 34.7 Å². The largest absolute Gasteiger partial charge is 0.330 e. The van der Waals surface area contributed by atoms with Gasteiger partial charge in [-0.15, -0.1) is 10.2 Å². The van der Waals surface area contributed by atoms with E-state index in [1.807, 2.05) is 30.3 Å². The molecule has 114 valence electrons. The molecule has 22 heavy (non-hydrogen) atoms. The molecule has 2 heterocycles. The molecule has 1 aliphatic rings. The number of amides is 2. The lowest BCUT2D eigenvalue weighted by Crippen LogP contribution is -2.33. The Hall–Kier alpha value is -1.93. The van der Waals surface area contributed by atoms with E-state index in [0.717, 1.165) is 12.1 Å². The molecule has 0 spiro atoms. The number of nitrogens with zero attached hydrogens (tertiary/aromatic N) is 3. The van der Waals surface area contributed by atoms with Crippen LogP contribution in [-0.2, 0) is 9.59 Å². The van der Waals surface area contributed by atoms with Crippen molar-refractivity contribution in [1.29, 1.82) is 0 Å². The Morgan fingerprint density at radius 2 is 2.14 bits per heavy atom. The first-order valence-electron chi connectivity index (χ1n) is 6.84. The summed E-state index contributed by atoms with van der Waals surface area (Å²) in [6, 6.07) is 9.70. The fourth-order valence-corrected chi connectivity index (χ4v) is 3.73. The molecule has 0 bridgehead atoms. The molecule has 1 aromatic carbocycles. The number of carbonyl (C=O) groups excluding carboxylic acids is 2. The second kappa shape index (κ2) is 6.89. The van der Waals surface area contributed by atoms with E-state index in [4.69, 9.17) is 0 Å². The number of likely N-dealkylation sites (tertiary alicyclic amines) is 1. The maximum atomic E-state index is 12.0. The fourth-order valence-electron chi connectivity index (χ4n) is 2.08. The van der Waals surface area contributed by atoms with Crippen molar-refractivity contribution < 1.29 is 9.59 Å². The Morgan fingerprint density at radius 1 is 1.32 bits per heavy atom. The quantitative estimate of drug-likeness (QED) is 0.847. The van der Waals surface area contributed by atoms with Gasteiger partial charge in [-0.1, -0.05) is 41.3 Å². The van der Waals surface area contributed by atoms with Gasteiger partial charge in [-0.05, 0) is 18.6 Å². The fraction of sp³-hybridized carbons (Fsp3) is 0.286. The molecule has 1 aliphatic heterocycles. The third kappa shape index (κ3) is 3.63. The van der Waals surface area contributed by atoms with E-state index in [1.54, 1.807) is 0 Å². The van der Waals surface area contributed by atoms with Crippen LogP contribution in [0.4, 0.5) is 10.8 Å². The molecule has 2 aromatic rings. The molecule has 2 amide bonds. The van der Waals surface area contributed by atoms with E-state index in [-0.39, 0.29) is 17.6 Å². The van der Waals surface area contributed by atoms with Crippen molar-refractivity contribution in [1.82, 2.24) is 15.1 Å². The summed E-state index contributed by atoms with van der Waals surface area (Å²) in [7, 11) is 0. The van der Waals surface area contributed by atoms with Crippen LogP contribution < -0.4 is 5.32 Å². The van der Waals surface area contributed by atoms with E-state index < -0.39 is 0 Å². The number of aromatic nitrogens is 2. The van der Waals surface area contributed by atoms with Gasteiger partial charge >= 0.3 is 0 Å². The minimum Gasteiger partial charge on any atom is -0.330 e. The Balaban J connectivity index is 1.53. The molecule has 0 radical (unpaired) electrons. The molecule has 0 unspecified atom stereocenters. The number of anilines is 2. The number of nitrogens with one attached hydrogen (secondary N) is 1. The highest BCUT2D eigenvalue weighted by Crippen LogP contribution is 2.28. The highest BCUT2D eigenvalue weighted by Gasteiger charge is 2.26. The first-order chi connectivity index (χ1) is 10.7. The zero-order valence-electron chi connectivity index (χ0n) is 11.7. The van der Waals surface area contributed by atoms with Crippen molar-refractivity contribution in [2.45, 2.75) is 17.2 Å². The summed E-state index contributed by atoms with van der Waals surface area (Å²) >= 11 is 2.70. The molecule has 1 aromatic heterocycles. The highest BCUT2D eigenvalue weighted by atomic mass is 32.2. The molecular formula is C14H14N4O2S2. The maximum Gasteiger partial charge on any atom is 0.239 e. The van der Waals surface area contributed by atoms with Gasteiger partial charge in [-0.2, -0.15) is 0 Å². The Morgan fingerprint density at radius 3 is 2.86 bits per heavy atom. The lowest BCUT2D eigenvalue weighted by molar-refractivity contribution is -0.140. The molecule has 6 nitrogen and oxygen atoms in total.